The molecule has 0 radical (unpaired) electrons. The number of phenols is 1. The van der Waals surface area contributed by atoms with Gasteiger partial charge in [-0.05, 0) is 18.2 Å². The van der Waals surface area contributed by atoms with E-state index >= 15 is 0 Å². The second-order valence-electron chi connectivity index (χ2n) is 2.73. The molecule has 0 aliphatic carbocycles. The van der Waals surface area contributed by atoms with Gasteiger partial charge >= 0.3 is 0 Å². The molecule has 0 bridgehead atoms. The normalized spacial score (nSPS) is 10.2. The molecule has 1 N–H and O–H groups in total. The summed E-state index contributed by atoms with van der Waals surface area (Å²) >= 11 is 0. The van der Waals surface area contributed by atoms with Crippen LogP contribution in [-0.2, 0) is 0 Å². The Labute approximate surface area is 74.7 Å². The van der Waals surface area contributed by atoms with E-state index in [0.29, 0.717) is 17.4 Å². The molecule has 3 nitrogen and oxygen atoms in total. The lowest BCUT2D eigenvalue weighted by molar-refractivity contribution is 0.112. The maximum atomic E-state index is 10.6. The minimum atomic E-state index is 0.0857. The fraction of sp³-hybridized carbons (Fsp3) is 0. The van der Waals surface area contributed by atoms with Gasteiger partial charge in [-0.3, -0.25) is 9.78 Å². The Balaban J connectivity index is 2.89. The van der Waals surface area contributed by atoms with Gasteiger partial charge in [-0.1, -0.05) is 6.07 Å². The first kappa shape index (κ1) is 7.73. The van der Waals surface area contributed by atoms with Gasteiger partial charge in [0.25, 0.3) is 0 Å². The highest BCUT2D eigenvalue weighted by Gasteiger charge is 2.02. The van der Waals surface area contributed by atoms with E-state index in [0.717, 1.165) is 5.39 Å². The lowest BCUT2D eigenvalue weighted by Gasteiger charge is -2.00. The fourth-order valence-corrected chi connectivity index (χ4v) is 1.29. The summed E-state index contributed by atoms with van der Waals surface area (Å²) in [6.07, 6.45) is 2.31. The number of hydrogen-bond donors (Lipinski definition) is 1. The number of aromatic hydroxyl groups is 1. The van der Waals surface area contributed by atoms with Gasteiger partial charge in [-0.2, -0.15) is 0 Å². The average molecular weight is 173 g/mol. The molecule has 3 heteroatoms. The Kier molecular flexibility index (Phi) is 1.70. The van der Waals surface area contributed by atoms with Crippen LogP contribution in [0.15, 0.2) is 30.5 Å². The molecule has 64 valence electrons. The zero-order valence-corrected chi connectivity index (χ0v) is 6.77. The molecule has 0 saturated carbocycles. The molecule has 0 aliphatic rings. The minimum absolute atomic E-state index is 0.0857. The zero-order valence-electron chi connectivity index (χ0n) is 6.77. The highest BCUT2D eigenvalue weighted by Crippen LogP contribution is 2.21. The standard InChI is InChI=1S/C10H7NO2/c12-6-8-5-9(13)4-7-2-1-3-11-10(7)8/h1-6,13H. The van der Waals surface area contributed by atoms with Crippen molar-refractivity contribution in [3.63, 3.8) is 0 Å². The second-order valence-corrected chi connectivity index (χ2v) is 2.73. The van der Waals surface area contributed by atoms with Gasteiger partial charge < -0.3 is 5.11 Å². The molecule has 2 rings (SSSR count). The molecule has 0 saturated heterocycles. The van der Waals surface area contributed by atoms with Crippen LogP contribution in [0.25, 0.3) is 10.9 Å². The maximum absolute atomic E-state index is 10.6. The number of carbonyl (C=O) groups is 1. The van der Waals surface area contributed by atoms with Crippen molar-refractivity contribution in [3.8, 4) is 5.75 Å². The summed E-state index contributed by atoms with van der Waals surface area (Å²) in [4.78, 5) is 14.7. The minimum Gasteiger partial charge on any atom is -0.508 e. The first-order valence-electron chi connectivity index (χ1n) is 3.84. The van der Waals surface area contributed by atoms with Crippen LogP contribution in [0.3, 0.4) is 0 Å². The third-order valence-electron chi connectivity index (χ3n) is 1.85. The summed E-state index contributed by atoms with van der Waals surface area (Å²) in [7, 11) is 0. The van der Waals surface area contributed by atoms with Crippen LogP contribution in [-0.4, -0.2) is 16.4 Å². The molecule has 1 aromatic heterocycles. The monoisotopic (exact) mass is 173 g/mol. The number of pyridine rings is 1. The molecule has 0 atom stereocenters. The Bertz CT molecular complexity index is 465. The molecule has 1 aromatic carbocycles. The first-order chi connectivity index (χ1) is 6.31. The van der Waals surface area contributed by atoms with Gasteiger partial charge in [0.1, 0.15) is 5.75 Å². The quantitative estimate of drug-likeness (QED) is 0.668. The molecule has 0 unspecified atom stereocenters. The number of nitrogens with zero attached hydrogens (tertiary/aromatic N) is 1. The Hall–Kier alpha value is -1.90. The number of phenolic OH excluding ortho intramolecular Hbond substituents is 1. The van der Waals surface area contributed by atoms with Crippen LogP contribution in [0, 0.1) is 0 Å². The predicted molar refractivity (Wildman–Crippen MR) is 48.8 cm³/mol. The summed E-state index contributed by atoms with van der Waals surface area (Å²) < 4.78 is 0. The van der Waals surface area contributed by atoms with Crippen molar-refractivity contribution in [2.75, 3.05) is 0 Å². The number of fused-ring (bicyclic) bond motifs is 1. The molecular weight excluding hydrogens is 166 g/mol. The molecule has 0 amide bonds. The summed E-state index contributed by atoms with van der Waals surface area (Å²) in [5.41, 5.74) is 1.03. The number of carbonyl (C=O) groups excluding carboxylic acids is 1. The van der Waals surface area contributed by atoms with Gasteiger partial charge in [-0.15, -0.1) is 0 Å². The van der Waals surface area contributed by atoms with Gasteiger partial charge in [-0.25, -0.2) is 0 Å². The first-order valence-corrected chi connectivity index (χ1v) is 3.84. The highest BCUT2D eigenvalue weighted by atomic mass is 16.3. The van der Waals surface area contributed by atoms with Crippen LogP contribution < -0.4 is 0 Å². The van der Waals surface area contributed by atoms with Crippen LogP contribution in [0.5, 0.6) is 5.75 Å². The number of aromatic nitrogens is 1. The average Bonchev–Trinajstić information content (AvgIpc) is 2.16. The topological polar surface area (TPSA) is 50.2 Å². The van der Waals surface area contributed by atoms with E-state index in [9.17, 15) is 9.90 Å². The molecule has 13 heavy (non-hydrogen) atoms. The van der Waals surface area contributed by atoms with Crippen LogP contribution >= 0.6 is 0 Å². The van der Waals surface area contributed by atoms with Crippen molar-refractivity contribution >= 4 is 17.2 Å². The number of aldehydes is 1. The Morgan fingerprint density at radius 1 is 1.38 bits per heavy atom. The lowest BCUT2D eigenvalue weighted by Crippen LogP contribution is -1.86. The van der Waals surface area contributed by atoms with Gasteiger partial charge in [0.2, 0.25) is 0 Å². The van der Waals surface area contributed by atoms with E-state index < -0.39 is 0 Å². The van der Waals surface area contributed by atoms with Crippen LogP contribution in [0.1, 0.15) is 10.4 Å². The van der Waals surface area contributed by atoms with Crippen molar-refractivity contribution < 1.29 is 9.90 Å². The molecule has 2 aromatic rings. The van der Waals surface area contributed by atoms with E-state index in [2.05, 4.69) is 4.98 Å². The Morgan fingerprint density at radius 3 is 3.00 bits per heavy atom. The number of benzene rings is 1. The van der Waals surface area contributed by atoms with Gasteiger partial charge in [0, 0.05) is 17.1 Å². The maximum Gasteiger partial charge on any atom is 0.152 e. The van der Waals surface area contributed by atoms with E-state index in [1.165, 1.54) is 6.07 Å². The van der Waals surface area contributed by atoms with Crippen molar-refractivity contribution in [3.05, 3.63) is 36.0 Å². The van der Waals surface area contributed by atoms with Crippen molar-refractivity contribution in [1.29, 1.82) is 0 Å². The summed E-state index contributed by atoms with van der Waals surface area (Å²) in [6.45, 7) is 0. The van der Waals surface area contributed by atoms with E-state index in [4.69, 9.17) is 0 Å². The highest BCUT2D eigenvalue weighted by molar-refractivity contribution is 5.96. The van der Waals surface area contributed by atoms with Crippen molar-refractivity contribution in [1.82, 2.24) is 4.98 Å². The molecular formula is C10H7NO2. The van der Waals surface area contributed by atoms with Crippen LogP contribution in [0.4, 0.5) is 0 Å². The van der Waals surface area contributed by atoms with E-state index in [1.54, 1.807) is 24.4 Å². The number of hydrogen-bond acceptors (Lipinski definition) is 3. The molecule has 1 heterocycles. The Morgan fingerprint density at radius 2 is 2.23 bits per heavy atom. The lowest BCUT2D eigenvalue weighted by atomic mass is 10.1. The van der Waals surface area contributed by atoms with Gasteiger partial charge in [0.05, 0.1) is 5.52 Å². The molecule has 0 aliphatic heterocycles. The summed E-state index contributed by atoms with van der Waals surface area (Å²) in [5.74, 6) is 0.0857. The van der Waals surface area contributed by atoms with Crippen molar-refractivity contribution in [2.45, 2.75) is 0 Å². The largest absolute Gasteiger partial charge is 0.508 e. The SMILES string of the molecule is O=Cc1cc(O)cc2cccnc12. The number of rotatable bonds is 1. The zero-order chi connectivity index (χ0) is 9.26. The smallest absolute Gasteiger partial charge is 0.152 e. The third-order valence-corrected chi connectivity index (χ3v) is 1.85. The van der Waals surface area contributed by atoms with E-state index in [-0.39, 0.29) is 5.75 Å². The van der Waals surface area contributed by atoms with E-state index in [1.807, 2.05) is 0 Å². The molecule has 0 spiro atoms. The fourth-order valence-electron chi connectivity index (χ4n) is 1.29. The molecule has 0 fully saturated rings. The van der Waals surface area contributed by atoms with Gasteiger partial charge in [0.15, 0.2) is 6.29 Å². The van der Waals surface area contributed by atoms with Crippen LogP contribution in [0.2, 0.25) is 0 Å². The predicted octanol–water partition coefficient (Wildman–Crippen LogP) is 1.75. The van der Waals surface area contributed by atoms with Crippen molar-refractivity contribution in [2.24, 2.45) is 0 Å². The summed E-state index contributed by atoms with van der Waals surface area (Å²) in [5, 5.41) is 10.0. The second kappa shape index (κ2) is 2.86. The third kappa shape index (κ3) is 1.24. The summed E-state index contributed by atoms with van der Waals surface area (Å²) in [6, 6.07) is 6.54.